The smallest absolute Gasteiger partial charge is 0.123 e. The maximum atomic E-state index is 10.6. The third-order valence-electron chi connectivity index (χ3n) is 5.25. The Morgan fingerprint density at radius 2 is 1.00 bits per heavy atom. The minimum atomic E-state index is 0.222. The van der Waals surface area contributed by atoms with Gasteiger partial charge in [0.2, 0.25) is 0 Å². The van der Waals surface area contributed by atoms with Gasteiger partial charge in [0.25, 0.3) is 0 Å². The van der Waals surface area contributed by atoms with Crippen molar-refractivity contribution in [2.75, 3.05) is 0 Å². The Morgan fingerprint density at radius 1 is 0.429 bits per heavy atom. The van der Waals surface area contributed by atoms with Crippen LogP contribution in [0.1, 0.15) is 0 Å². The van der Waals surface area contributed by atoms with Crippen molar-refractivity contribution in [1.82, 2.24) is 0 Å². The van der Waals surface area contributed by atoms with Crippen molar-refractivity contribution in [3.63, 3.8) is 0 Å². The summed E-state index contributed by atoms with van der Waals surface area (Å²) in [5, 5.41) is 25.6. The molecule has 0 spiro atoms. The van der Waals surface area contributed by atoms with E-state index in [1.54, 1.807) is 12.1 Å². The molecule has 0 heterocycles. The summed E-state index contributed by atoms with van der Waals surface area (Å²) in [5.41, 5.74) is 3.31. The molecule has 5 aromatic rings. The predicted molar refractivity (Wildman–Crippen MR) is 116 cm³/mol. The lowest BCUT2D eigenvalue weighted by Crippen LogP contribution is -1.90. The topological polar surface area (TPSA) is 40.5 Å². The third kappa shape index (κ3) is 2.58. The van der Waals surface area contributed by atoms with Crippen molar-refractivity contribution < 1.29 is 10.2 Å². The lowest BCUT2D eigenvalue weighted by Gasteiger charge is -2.16. The van der Waals surface area contributed by atoms with Crippen LogP contribution in [0.4, 0.5) is 0 Å². The number of hydrogen-bond acceptors (Lipinski definition) is 2. The van der Waals surface area contributed by atoms with Gasteiger partial charge in [0.1, 0.15) is 11.5 Å². The molecule has 0 aliphatic rings. The molecule has 0 saturated carbocycles. The zero-order valence-electron chi connectivity index (χ0n) is 15.1. The summed E-state index contributed by atoms with van der Waals surface area (Å²) in [6.45, 7) is 0. The summed E-state index contributed by atoms with van der Waals surface area (Å²) in [6, 6.07) is 31.4. The number of benzene rings is 5. The molecule has 0 unspecified atom stereocenters. The molecule has 0 atom stereocenters. The number of fused-ring (bicyclic) bond motifs is 2. The normalized spacial score (nSPS) is 11.1. The molecule has 2 N–H and O–H groups in total. The van der Waals surface area contributed by atoms with E-state index in [9.17, 15) is 10.2 Å². The minimum absolute atomic E-state index is 0.222. The largest absolute Gasteiger partial charge is 0.507 e. The molecule has 0 aliphatic heterocycles. The number of aromatic hydroxyl groups is 2. The number of rotatable bonds is 2. The number of hydrogen-bond donors (Lipinski definition) is 2. The molecular weight excluding hydrogens is 344 g/mol. The van der Waals surface area contributed by atoms with Gasteiger partial charge in [0.15, 0.2) is 0 Å². The maximum Gasteiger partial charge on any atom is 0.123 e. The highest BCUT2D eigenvalue weighted by Gasteiger charge is 2.17. The van der Waals surface area contributed by atoms with Gasteiger partial charge in [-0.25, -0.2) is 0 Å². The maximum absolute atomic E-state index is 10.6. The van der Waals surface area contributed by atoms with Crippen LogP contribution in [0.15, 0.2) is 97.1 Å². The molecule has 0 radical (unpaired) electrons. The van der Waals surface area contributed by atoms with Crippen LogP contribution in [0.5, 0.6) is 11.5 Å². The highest BCUT2D eigenvalue weighted by molar-refractivity contribution is 6.10. The molecule has 5 aromatic carbocycles. The van der Waals surface area contributed by atoms with E-state index in [1.807, 2.05) is 54.6 Å². The van der Waals surface area contributed by atoms with Crippen LogP contribution in [0.3, 0.4) is 0 Å². The predicted octanol–water partition coefficient (Wildman–Crippen LogP) is 6.74. The molecule has 5 rings (SSSR count). The van der Waals surface area contributed by atoms with Crippen LogP contribution in [0.25, 0.3) is 43.8 Å². The van der Waals surface area contributed by atoms with Crippen LogP contribution in [0.2, 0.25) is 0 Å². The molecule has 0 amide bonds. The van der Waals surface area contributed by atoms with Gasteiger partial charge in [0, 0.05) is 16.7 Å². The minimum Gasteiger partial charge on any atom is -0.507 e. The van der Waals surface area contributed by atoms with E-state index in [0.29, 0.717) is 0 Å². The van der Waals surface area contributed by atoms with E-state index < -0.39 is 0 Å². The quantitative estimate of drug-likeness (QED) is 0.341. The molecule has 2 heteroatoms. The zero-order valence-corrected chi connectivity index (χ0v) is 15.1. The number of phenolic OH excluding ortho intramolecular Hbond substituents is 2. The van der Waals surface area contributed by atoms with Crippen molar-refractivity contribution >= 4 is 21.5 Å². The van der Waals surface area contributed by atoms with Crippen LogP contribution in [-0.4, -0.2) is 10.2 Å². The molecule has 0 saturated heterocycles. The van der Waals surface area contributed by atoms with E-state index in [4.69, 9.17) is 0 Å². The summed E-state index contributed by atoms with van der Waals surface area (Å²) in [4.78, 5) is 0. The molecule has 28 heavy (non-hydrogen) atoms. The van der Waals surface area contributed by atoms with Gasteiger partial charge in [-0.05, 0) is 51.4 Å². The molecule has 0 bridgehead atoms. The first kappa shape index (κ1) is 16.4. The van der Waals surface area contributed by atoms with Gasteiger partial charge in [0.05, 0.1) is 0 Å². The van der Waals surface area contributed by atoms with Crippen molar-refractivity contribution in [2.45, 2.75) is 0 Å². The first-order valence-electron chi connectivity index (χ1n) is 9.24. The Hall–Kier alpha value is -3.78. The Morgan fingerprint density at radius 3 is 1.68 bits per heavy atom. The fourth-order valence-electron chi connectivity index (χ4n) is 3.91. The van der Waals surface area contributed by atoms with Crippen molar-refractivity contribution in [2.24, 2.45) is 0 Å². The summed E-state index contributed by atoms with van der Waals surface area (Å²) in [6.07, 6.45) is 0. The summed E-state index contributed by atoms with van der Waals surface area (Å²) in [7, 11) is 0. The van der Waals surface area contributed by atoms with Crippen LogP contribution in [0, 0.1) is 0 Å². The van der Waals surface area contributed by atoms with Crippen molar-refractivity contribution in [1.29, 1.82) is 0 Å². The van der Waals surface area contributed by atoms with E-state index >= 15 is 0 Å². The monoisotopic (exact) mass is 362 g/mol. The lowest BCUT2D eigenvalue weighted by molar-refractivity contribution is 0.476. The highest BCUT2D eigenvalue weighted by Crippen LogP contribution is 2.44. The van der Waals surface area contributed by atoms with Crippen LogP contribution < -0.4 is 0 Å². The molecular formula is C26H18O2. The fourth-order valence-corrected chi connectivity index (χ4v) is 3.91. The standard InChI is InChI=1S/C26H18O2/c27-24-11-5-3-9-20(24)21-14-13-19-15-17-7-1-2-8-18(17)16-23(19)26(21)22-10-4-6-12-25(22)28/h1-16,27-28H. The van der Waals surface area contributed by atoms with Crippen LogP contribution in [-0.2, 0) is 0 Å². The average Bonchev–Trinajstić information content (AvgIpc) is 2.72. The highest BCUT2D eigenvalue weighted by atomic mass is 16.3. The van der Waals surface area contributed by atoms with Crippen molar-refractivity contribution in [3.05, 3.63) is 97.1 Å². The third-order valence-corrected chi connectivity index (χ3v) is 5.25. The van der Waals surface area contributed by atoms with Gasteiger partial charge < -0.3 is 10.2 Å². The molecule has 0 fully saturated rings. The molecule has 2 nitrogen and oxygen atoms in total. The summed E-state index contributed by atoms with van der Waals surface area (Å²) < 4.78 is 0. The number of phenols is 2. The second-order valence-electron chi connectivity index (χ2n) is 6.94. The fraction of sp³-hybridized carbons (Fsp3) is 0. The second-order valence-corrected chi connectivity index (χ2v) is 6.94. The molecule has 0 aromatic heterocycles. The molecule has 134 valence electrons. The lowest BCUT2D eigenvalue weighted by atomic mass is 9.88. The summed E-state index contributed by atoms with van der Waals surface area (Å²) >= 11 is 0. The number of para-hydroxylation sites is 2. The Balaban J connectivity index is 1.95. The first-order chi connectivity index (χ1) is 13.7. The van der Waals surface area contributed by atoms with E-state index in [1.165, 1.54) is 5.39 Å². The first-order valence-corrected chi connectivity index (χ1v) is 9.24. The van der Waals surface area contributed by atoms with Crippen molar-refractivity contribution in [3.8, 4) is 33.8 Å². The van der Waals surface area contributed by atoms with Gasteiger partial charge in [-0.3, -0.25) is 0 Å². The van der Waals surface area contributed by atoms with Gasteiger partial charge >= 0.3 is 0 Å². The SMILES string of the molecule is Oc1ccccc1-c1ccc2cc3ccccc3cc2c1-c1ccccc1O. The van der Waals surface area contributed by atoms with Gasteiger partial charge in [-0.1, -0.05) is 72.8 Å². The molecule has 0 aliphatic carbocycles. The average molecular weight is 362 g/mol. The second kappa shape index (κ2) is 6.43. The Labute approximate surface area is 162 Å². The van der Waals surface area contributed by atoms with Gasteiger partial charge in [-0.15, -0.1) is 0 Å². The zero-order chi connectivity index (χ0) is 19.1. The summed E-state index contributed by atoms with van der Waals surface area (Å²) in [5.74, 6) is 0.444. The van der Waals surface area contributed by atoms with E-state index in [0.717, 1.165) is 38.4 Å². The van der Waals surface area contributed by atoms with Gasteiger partial charge in [-0.2, -0.15) is 0 Å². The Kier molecular flexibility index (Phi) is 3.77. The Bertz CT molecular complexity index is 1340. The van der Waals surface area contributed by atoms with E-state index in [2.05, 4.69) is 30.3 Å². The van der Waals surface area contributed by atoms with Crippen LogP contribution >= 0.6 is 0 Å². The van der Waals surface area contributed by atoms with E-state index in [-0.39, 0.29) is 11.5 Å².